The zero-order valence-corrected chi connectivity index (χ0v) is 23.3. The van der Waals surface area contributed by atoms with Gasteiger partial charge in [0.05, 0.1) is 6.42 Å². The Bertz CT molecular complexity index is 1100. The van der Waals surface area contributed by atoms with Crippen LogP contribution in [0.25, 0.3) is 0 Å². The summed E-state index contributed by atoms with van der Waals surface area (Å²) in [6, 6.07) is 8.12. The molecule has 1 aromatic carbocycles. The average Bonchev–Trinajstić information content (AvgIpc) is 3.24. The second-order valence-corrected chi connectivity index (χ2v) is 13.1. The Balaban J connectivity index is 1.14. The minimum absolute atomic E-state index is 0.0448. The molecule has 8 atom stereocenters. The number of ether oxygens (including phenoxy) is 1. The van der Waals surface area contributed by atoms with Gasteiger partial charge in [0, 0.05) is 31.1 Å². The zero-order valence-electron chi connectivity index (χ0n) is 23.3. The van der Waals surface area contributed by atoms with Crippen LogP contribution in [-0.4, -0.2) is 40.9 Å². The van der Waals surface area contributed by atoms with Gasteiger partial charge in [-0.1, -0.05) is 44.2 Å². The molecule has 4 saturated carbocycles. The van der Waals surface area contributed by atoms with E-state index in [0.717, 1.165) is 56.9 Å². The maximum atomic E-state index is 12.8. The Kier molecular flexibility index (Phi) is 7.89. The van der Waals surface area contributed by atoms with Gasteiger partial charge >= 0.3 is 11.9 Å². The molecule has 4 aliphatic rings. The van der Waals surface area contributed by atoms with E-state index in [1.807, 2.05) is 30.3 Å². The standard InChI is InChI=1S/C32H43NO6/c1-31-16-14-22(34)19-21(31)8-9-23-24-10-11-27(32(24,2)17-15-25(23)31)39-29(36)13-12-28(35)33-26(30(37)38)18-20-6-4-3-5-7-20/h3-7,21,23-27H,8-19H2,1-2H3,(H,33,35)(H,37,38)/t21-,23-,24-,25-,26-,27-,31-,32-/m0/s1. The molecule has 2 N–H and O–H groups in total. The van der Waals surface area contributed by atoms with Crippen LogP contribution >= 0.6 is 0 Å². The predicted molar refractivity (Wildman–Crippen MR) is 146 cm³/mol. The number of carbonyl (C=O) groups excluding carboxylic acids is 3. The summed E-state index contributed by atoms with van der Waals surface area (Å²) in [4.78, 5) is 49.2. The second-order valence-electron chi connectivity index (χ2n) is 13.1. The molecule has 5 rings (SSSR count). The number of benzene rings is 1. The first-order valence-electron chi connectivity index (χ1n) is 14.9. The van der Waals surface area contributed by atoms with Crippen LogP contribution in [0.5, 0.6) is 0 Å². The van der Waals surface area contributed by atoms with Gasteiger partial charge in [-0.15, -0.1) is 0 Å². The van der Waals surface area contributed by atoms with Crippen molar-refractivity contribution >= 4 is 23.6 Å². The fourth-order valence-corrected chi connectivity index (χ4v) is 8.94. The molecule has 0 radical (unpaired) electrons. The molecule has 39 heavy (non-hydrogen) atoms. The van der Waals surface area contributed by atoms with E-state index in [-0.39, 0.29) is 42.2 Å². The summed E-state index contributed by atoms with van der Waals surface area (Å²) in [5, 5.41) is 12.1. The highest BCUT2D eigenvalue weighted by molar-refractivity contribution is 5.86. The molecule has 0 heterocycles. The van der Waals surface area contributed by atoms with Gasteiger partial charge in [0.2, 0.25) is 5.91 Å². The maximum absolute atomic E-state index is 12.8. The third-order valence-electron chi connectivity index (χ3n) is 11.1. The van der Waals surface area contributed by atoms with E-state index in [4.69, 9.17) is 4.74 Å². The summed E-state index contributed by atoms with van der Waals surface area (Å²) < 4.78 is 6.03. The van der Waals surface area contributed by atoms with E-state index >= 15 is 0 Å². The fourth-order valence-electron chi connectivity index (χ4n) is 8.94. The summed E-state index contributed by atoms with van der Waals surface area (Å²) in [5.41, 5.74) is 1.04. The highest BCUT2D eigenvalue weighted by atomic mass is 16.5. The van der Waals surface area contributed by atoms with E-state index < -0.39 is 17.9 Å². The SMILES string of the molecule is C[C@]12CCC(=O)C[C@@H]1CC[C@@H]1[C@@H]2CC[C@]2(C)[C@@H](OC(=O)CCC(=O)N[C@@H](Cc3ccccc3)C(=O)O)CC[C@@H]12. The highest BCUT2D eigenvalue weighted by Crippen LogP contribution is 2.66. The Morgan fingerprint density at radius 3 is 2.46 bits per heavy atom. The summed E-state index contributed by atoms with van der Waals surface area (Å²) in [6.45, 7) is 4.74. The monoisotopic (exact) mass is 537 g/mol. The van der Waals surface area contributed by atoms with Gasteiger partial charge in [0.25, 0.3) is 0 Å². The third kappa shape index (κ3) is 5.51. The summed E-state index contributed by atoms with van der Waals surface area (Å²) in [7, 11) is 0. The Labute approximate surface area is 231 Å². The molecule has 4 aliphatic carbocycles. The summed E-state index contributed by atoms with van der Waals surface area (Å²) in [6.07, 6.45) is 8.82. The van der Waals surface area contributed by atoms with Gasteiger partial charge in [-0.2, -0.15) is 0 Å². The van der Waals surface area contributed by atoms with Crippen molar-refractivity contribution in [3.05, 3.63) is 35.9 Å². The Morgan fingerprint density at radius 2 is 1.72 bits per heavy atom. The lowest BCUT2D eigenvalue weighted by Gasteiger charge is -2.60. The molecule has 0 unspecified atom stereocenters. The minimum Gasteiger partial charge on any atom is -0.480 e. The van der Waals surface area contributed by atoms with Crippen molar-refractivity contribution in [2.24, 2.45) is 34.5 Å². The average molecular weight is 538 g/mol. The number of hydrogen-bond acceptors (Lipinski definition) is 5. The van der Waals surface area contributed by atoms with Crippen LogP contribution in [0.4, 0.5) is 0 Å². The molecule has 7 heteroatoms. The lowest BCUT2D eigenvalue weighted by Crippen LogP contribution is -2.54. The number of fused-ring (bicyclic) bond motifs is 5. The van der Waals surface area contributed by atoms with Gasteiger partial charge < -0.3 is 15.2 Å². The number of carboxylic acid groups (broad SMARTS) is 1. The molecule has 0 saturated heterocycles. The number of rotatable bonds is 8. The largest absolute Gasteiger partial charge is 0.480 e. The van der Waals surface area contributed by atoms with Crippen molar-refractivity contribution in [3.63, 3.8) is 0 Å². The van der Waals surface area contributed by atoms with E-state index in [2.05, 4.69) is 19.2 Å². The first-order chi connectivity index (χ1) is 18.6. The van der Waals surface area contributed by atoms with E-state index in [0.29, 0.717) is 29.5 Å². The molecule has 4 fully saturated rings. The molecule has 0 bridgehead atoms. The smallest absolute Gasteiger partial charge is 0.326 e. The van der Waals surface area contributed by atoms with Gasteiger partial charge in [0.1, 0.15) is 17.9 Å². The normalized spacial score (nSPS) is 36.2. The van der Waals surface area contributed by atoms with Crippen molar-refractivity contribution in [2.75, 3.05) is 0 Å². The number of aliphatic carboxylic acids is 1. The van der Waals surface area contributed by atoms with Gasteiger partial charge in [-0.3, -0.25) is 14.4 Å². The molecule has 7 nitrogen and oxygen atoms in total. The molecule has 1 aromatic rings. The number of carbonyl (C=O) groups is 4. The van der Waals surface area contributed by atoms with E-state index in [1.165, 1.54) is 6.42 Å². The fraction of sp³-hybridized carbons (Fsp3) is 0.688. The number of esters is 1. The molecular weight excluding hydrogens is 494 g/mol. The molecule has 1 amide bonds. The number of nitrogens with one attached hydrogen (secondary N) is 1. The lowest BCUT2D eigenvalue weighted by atomic mass is 9.45. The minimum atomic E-state index is -1.10. The van der Waals surface area contributed by atoms with Crippen LogP contribution < -0.4 is 5.32 Å². The van der Waals surface area contributed by atoms with Crippen molar-refractivity contribution in [2.45, 2.75) is 103 Å². The number of amides is 1. The summed E-state index contributed by atoms with van der Waals surface area (Å²) >= 11 is 0. The van der Waals surface area contributed by atoms with Gasteiger partial charge in [-0.05, 0) is 79.6 Å². The van der Waals surface area contributed by atoms with Gasteiger partial charge in [0.15, 0.2) is 0 Å². The highest BCUT2D eigenvalue weighted by Gasteiger charge is 2.61. The zero-order chi connectivity index (χ0) is 27.8. The summed E-state index contributed by atoms with van der Waals surface area (Å²) in [5.74, 6) is 0.841. The first kappa shape index (κ1) is 27.9. The molecular formula is C32H43NO6. The van der Waals surface area contributed by atoms with Crippen molar-refractivity contribution in [1.29, 1.82) is 0 Å². The van der Waals surface area contributed by atoms with Gasteiger partial charge in [-0.25, -0.2) is 4.79 Å². The number of carboxylic acids is 1. The number of ketones is 1. The van der Waals surface area contributed by atoms with Crippen LogP contribution in [0.1, 0.15) is 90.0 Å². The predicted octanol–water partition coefficient (Wildman–Crippen LogP) is 5.10. The third-order valence-corrected chi connectivity index (χ3v) is 11.1. The topological polar surface area (TPSA) is 110 Å². The lowest BCUT2D eigenvalue weighted by molar-refractivity contribution is -0.164. The maximum Gasteiger partial charge on any atom is 0.326 e. The number of Topliss-reactive ketones (excluding diaryl/α,β-unsaturated/α-hetero) is 1. The Hall–Kier alpha value is -2.70. The molecule has 0 aliphatic heterocycles. The van der Waals surface area contributed by atoms with Crippen LogP contribution in [0, 0.1) is 34.5 Å². The van der Waals surface area contributed by atoms with Crippen LogP contribution in [0.15, 0.2) is 30.3 Å². The second kappa shape index (κ2) is 11.1. The first-order valence-corrected chi connectivity index (χ1v) is 14.9. The van der Waals surface area contributed by atoms with E-state index in [1.54, 1.807) is 0 Å². The molecule has 0 spiro atoms. The number of hydrogen-bond donors (Lipinski definition) is 2. The van der Waals surface area contributed by atoms with Crippen molar-refractivity contribution < 1.29 is 29.0 Å². The molecule has 0 aromatic heterocycles. The quantitative estimate of drug-likeness (QED) is 0.447. The van der Waals surface area contributed by atoms with Crippen molar-refractivity contribution in [3.8, 4) is 0 Å². The Morgan fingerprint density at radius 1 is 0.974 bits per heavy atom. The van der Waals surface area contributed by atoms with Crippen LogP contribution in [0.3, 0.4) is 0 Å². The van der Waals surface area contributed by atoms with Crippen LogP contribution in [-0.2, 0) is 30.3 Å². The van der Waals surface area contributed by atoms with Crippen molar-refractivity contribution in [1.82, 2.24) is 5.32 Å². The van der Waals surface area contributed by atoms with Crippen LogP contribution in [0.2, 0.25) is 0 Å². The molecule has 212 valence electrons. The van der Waals surface area contributed by atoms with E-state index in [9.17, 15) is 24.3 Å².